The molecule has 1 aromatic rings. The van der Waals surface area contributed by atoms with Crippen LogP contribution in [0.4, 0.5) is 5.69 Å². The Labute approximate surface area is 112 Å². The molecule has 0 radical (unpaired) electrons. The molecular formula is C14H20N2O3. The van der Waals surface area contributed by atoms with Crippen molar-refractivity contribution in [2.24, 2.45) is 5.73 Å². The van der Waals surface area contributed by atoms with Crippen LogP contribution in [0.1, 0.15) is 30.6 Å². The number of benzene rings is 1. The van der Waals surface area contributed by atoms with E-state index in [-0.39, 0.29) is 5.91 Å². The highest BCUT2D eigenvalue weighted by atomic mass is 16.3. The number of anilines is 1. The summed E-state index contributed by atoms with van der Waals surface area (Å²) in [5, 5.41) is 19.8. The molecule has 1 aliphatic heterocycles. The number of nitrogens with zero attached hydrogens (tertiary/aromatic N) is 1. The van der Waals surface area contributed by atoms with Crippen LogP contribution in [0.25, 0.3) is 0 Å². The molecule has 0 saturated carbocycles. The Balaban J connectivity index is 2.21. The fourth-order valence-corrected chi connectivity index (χ4v) is 2.48. The number of nitrogens with two attached hydrogens (primary N) is 1. The normalized spacial score (nSPS) is 17.2. The average Bonchev–Trinajstić information content (AvgIpc) is 2.80. The molecule has 0 spiro atoms. The zero-order valence-corrected chi connectivity index (χ0v) is 11.0. The van der Waals surface area contributed by atoms with Gasteiger partial charge in [0.05, 0.1) is 6.10 Å². The van der Waals surface area contributed by atoms with E-state index in [0.29, 0.717) is 25.1 Å². The van der Waals surface area contributed by atoms with Gasteiger partial charge < -0.3 is 20.8 Å². The first-order valence-electron chi connectivity index (χ1n) is 6.51. The van der Waals surface area contributed by atoms with Crippen molar-refractivity contribution >= 4 is 11.6 Å². The second kappa shape index (κ2) is 5.69. The lowest BCUT2D eigenvalue weighted by Crippen LogP contribution is -2.25. The minimum Gasteiger partial charge on any atom is -0.390 e. The first-order chi connectivity index (χ1) is 9.04. The van der Waals surface area contributed by atoms with E-state index in [2.05, 4.69) is 0 Å². The van der Waals surface area contributed by atoms with E-state index >= 15 is 0 Å². The monoisotopic (exact) mass is 264 g/mol. The van der Waals surface area contributed by atoms with Crippen molar-refractivity contribution in [2.75, 3.05) is 18.0 Å². The first-order valence-corrected chi connectivity index (χ1v) is 6.51. The minimum atomic E-state index is -0.930. The second-order valence-electron chi connectivity index (χ2n) is 4.90. The maximum atomic E-state index is 11.4. The molecule has 0 aromatic heterocycles. The molecule has 0 bridgehead atoms. The summed E-state index contributed by atoms with van der Waals surface area (Å²) in [7, 11) is 0. The number of carbonyl (C=O) groups excluding carboxylic acids is 1. The van der Waals surface area contributed by atoms with Crippen molar-refractivity contribution in [1.82, 2.24) is 0 Å². The molecule has 1 aliphatic rings. The van der Waals surface area contributed by atoms with Crippen LogP contribution in [0.2, 0.25) is 0 Å². The molecule has 2 rings (SSSR count). The summed E-state index contributed by atoms with van der Waals surface area (Å²) in [6.07, 6.45) is -0.645. The molecule has 1 heterocycles. The molecular weight excluding hydrogens is 244 g/mol. The molecule has 0 aliphatic carbocycles. The number of fused-ring (bicyclic) bond motifs is 1. The predicted molar refractivity (Wildman–Crippen MR) is 72.8 cm³/mol. The third-order valence-corrected chi connectivity index (χ3v) is 3.55. The molecule has 0 fully saturated rings. The Kier molecular flexibility index (Phi) is 4.19. The maximum absolute atomic E-state index is 11.4. The fraction of sp³-hybridized carbons (Fsp3) is 0.500. The SMILES string of the molecule is CC(=O)N1CCc2cc(C(O)C(O)CCN)ccc21. The number of carbonyl (C=O) groups is 1. The maximum Gasteiger partial charge on any atom is 0.223 e. The van der Waals surface area contributed by atoms with E-state index in [9.17, 15) is 15.0 Å². The molecule has 1 aromatic carbocycles. The lowest BCUT2D eigenvalue weighted by molar-refractivity contribution is -0.116. The number of aliphatic hydroxyl groups is 2. The molecule has 5 nitrogen and oxygen atoms in total. The van der Waals surface area contributed by atoms with Gasteiger partial charge in [0.15, 0.2) is 0 Å². The molecule has 19 heavy (non-hydrogen) atoms. The summed E-state index contributed by atoms with van der Waals surface area (Å²) in [5.41, 5.74) is 7.98. The van der Waals surface area contributed by atoms with Crippen LogP contribution in [0.3, 0.4) is 0 Å². The van der Waals surface area contributed by atoms with Crippen LogP contribution >= 0.6 is 0 Å². The largest absolute Gasteiger partial charge is 0.390 e. The van der Waals surface area contributed by atoms with Gasteiger partial charge in [-0.1, -0.05) is 12.1 Å². The summed E-state index contributed by atoms with van der Waals surface area (Å²) in [4.78, 5) is 13.2. The second-order valence-corrected chi connectivity index (χ2v) is 4.90. The van der Waals surface area contributed by atoms with Gasteiger partial charge in [-0.3, -0.25) is 4.79 Å². The van der Waals surface area contributed by atoms with Crippen molar-refractivity contribution in [3.8, 4) is 0 Å². The number of rotatable bonds is 4. The van der Waals surface area contributed by atoms with Crippen LogP contribution < -0.4 is 10.6 Å². The number of aliphatic hydroxyl groups excluding tert-OH is 2. The van der Waals surface area contributed by atoms with E-state index < -0.39 is 12.2 Å². The molecule has 104 valence electrons. The van der Waals surface area contributed by atoms with Crippen LogP contribution in [-0.2, 0) is 11.2 Å². The van der Waals surface area contributed by atoms with Gasteiger partial charge in [0.2, 0.25) is 5.91 Å². The first kappa shape index (κ1) is 14.0. The van der Waals surface area contributed by atoms with Crippen molar-refractivity contribution in [1.29, 1.82) is 0 Å². The van der Waals surface area contributed by atoms with Crippen LogP contribution in [0, 0.1) is 0 Å². The van der Waals surface area contributed by atoms with Gasteiger partial charge in [-0.15, -0.1) is 0 Å². The van der Waals surface area contributed by atoms with Crippen molar-refractivity contribution < 1.29 is 15.0 Å². The Bertz CT molecular complexity index is 476. The Hall–Kier alpha value is -1.43. The van der Waals surface area contributed by atoms with Crippen LogP contribution in [-0.4, -0.2) is 35.3 Å². The van der Waals surface area contributed by atoms with E-state index in [1.54, 1.807) is 17.9 Å². The van der Waals surface area contributed by atoms with Gasteiger partial charge in [-0.2, -0.15) is 0 Å². The summed E-state index contributed by atoms with van der Waals surface area (Å²) in [5.74, 6) is 0.0233. The quantitative estimate of drug-likeness (QED) is 0.732. The lowest BCUT2D eigenvalue weighted by Gasteiger charge is -2.19. The highest BCUT2D eigenvalue weighted by molar-refractivity contribution is 5.93. The van der Waals surface area contributed by atoms with Gasteiger partial charge >= 0.3 is 0 Å². The zero-order valence-electron chi connectivity index (χ0n) is 11.0. The minimum absolute atomic E-state index is 0.0233. The fourth-order valence-electron chi connectivity index (χ4n) is 2.48. The molecule has 4 N–H and O–H groups in total. The highest BCUT2D eigenvalue weighted by Crippen LogP contribution is 2.31. The third-order valence-electron chi connectivity index (χ3n) is 3.55. The van der Waals surface area contributed by atoms with Gasteiger partial charge in [0.1, 0.15) is 6.10 Å². The topological polar surface area (TPSA) is 86.8 Å². The average molecular weight is 264 g/mol. The third kappa shape index (κ3) is 2.78. The van der Waals surface area contributed by atoms with Crippen molar-refractivity contribution in [2.45, 2.75) is 32.0 Å². The predicted octanol–water partition coefficient (Wildman–Crippen LogP) is 0.339. The van der Waals surface area contributed by atoms with Gasteiger partial charge in [-0.05, 0) is 36.6 Å². The number of hydrogen-bond donors (Lipinski definition) is 3. The Morgan fingerprint density at radius 3 is 2.84 bits per heavy atom. The molecule has 0 saturated heterocycles. The molecule has 2 unspecified atom stereocenters. The molecule has 5 heteroatoms. The standard InChI is InChI=1S/C14H20N2O3/c1-9(17)16-7-5-10-8-11(2-3-12(10)16)14(19)13(18)4-6-15/h2-3,8,13-14,18-19H,4-7,15H2,1H3. The van der Waals surface area contributed by atoms with E-state index in [1.165, 1.54) is 0 Å². The highest BCUT2D eigenvalue weighted by Gasteiger charge is 2.24. The van der Waals surface area contributed by atoms with Gasteiger partial charge in [0, 0.05) is 19.2 Å². The summed E-state index contributed by atoms with van der Waals surface area (Å²) < 4.78 is 0. The van der Waals surface area contributed by atoms with E-state index in [1.807, 2.05) is 12.1 Å². The van der Waals surface area contributed by atoms with Crippen molar-refractivity contribution in [3.05, 3.63) is 29.3 Å². The smallest absolute Gasteiger partial charge is 0.223 e. The zero-order chi connectivity index (χ0) is 14.0. The Morgan fingerprint density at radius 1 is 1.47 bits per heavy atom. The van der Waals surface area contributed by atoms with Crippen LogP contribution in [0.5, 0.6) is 0 Å². The number of amides is 1. The van der Waals surface area contributed by atoms with Crippen LogP contribution in [0.15, 0.2) is 18.2 Å². The van der Waals surface area contributed by atoms with E-state index in [4.69, 9.17) is 5.73 Å². The molecule has 2 atom stereocenters. The summed E-state index contributed by atoms with van der Waals surface area (Å²) in [6.45, 7) is 2.56. The van der Waals surface area contributed by atoms with Gasteiger partial charge in [-0.25, -0.2) is 0 Å². The number of hydrogen-bond acceptors (Lipinski definition) is 4. The summed E-state index contributed by atoms with van der Waals surface area (Å²) in [6, 6.07) is 5.45. The van der Waals surface area contributed by atoms with Gasteiger partial charge in [0.25, 0.3) is 0 Å². The Morgan fingerprint density at radius 2 is 2.21 bits per heavy atom. The lowest BCUT2D eigenvalue weighted by atomic mass is 9.99. The van der Waals surface area contributed by atoms with Crippen molar-refractivity contribution in [3.63, 3.8) is 0 Å². The van der Waals surface area contributed by atoms with E-state index in [0.717, 1.165) is 17.7 Å². The summed E-state index contributed by atoms with van der Waals surface area (Å²) >= 11 is 0. The molecule has 1 amide bonds.